The third kappa shape index (κ3) is 9.20. The summed E-state index contributed by atoms with van der Waals surface area (Å²) in [5.74, 6) is 4.75. The fraction of sp³-hybridized carbons (Fsp3) is 0.535. The molecule has 6 rings (SSSR count). The van der Waals surface area contributed by atoms with Gasteiger partial charge in [-0.25, -0.2) is 0 Å². The summed E-state index contributed by atoms with van der Waals surface area (Å²) >= 11 is 0. The topological polar surface area (TPSA) is 0 Å². The lowest BCUT2D eigenvalue weighted by atomic mass is 9.55. The van der Waals surface area contributed by atoms with Crippen molar-refractivity contribution in [2.45, 2.75) is 112 Å². The van der Waals surface area contributed by atoms with Crippen molar-refractivity contribution in [3.8, 4) is 0 Å². The van der Waals surface area contributed by atoms with E-state index in [-0.39, 0.29) is 0 Å². The largest absolute Gasteiger partial charge is 0.103 e. The molecular weight excluding hydrogens is 516 g/mol. The van der Waals surface area contributed by atoms with Crippen LogP contribution in [0.4, 0.5) is 0 Å². The van der Waals surface area contributed by atoms with E-state index in [0.29, 0.717) is 17.3 Å². The summed E-state index contributed by atoms with van der Waals surface area (Å²) in [5, 5.41) is 0. The Hall–Kier alpha value is -2.60. The second-order valence-electron chi connectivity index (χ2n) is 13.5. The van der Waals surface area contributed by atoms with Gasteiger partial charge in [-0.2, -0.15) is 0 Å². The third-order valence-electron chi connectivity index (χ3n) is 10.5. The molecule has 234 valence electrons. The zero-order chi connectivity index (χ0) is 31.2. The first kappa shape index (κ1) is 34.9. The predicted octanol–water partition coefficient (Wildman–Crippen LogP) is 12.9. The van der Waals surface area contributed by atoms with E-state index in [2.05, 4.69) is 126 Å². The van der Waals surface area contributed by atoms with Crippen LogP contribution in [0.5, 0.6) is 0 Å². The van der Waals surface area contributed by atoms with Crippen LogP contribution in [0.25, 0.3) is 0 Å². The van der Waals surface area contributed by atoms with Crippen LogP contribution in [0, 0.1) is 35.5 Å². The molecule has 0 N–H and O–H groups in total. The Balaban J connectivity index is 0.000000205. The number of fused-ring (bicyclic) bond motifs is 2. The van der Waals surface area contributed by atoms with Crippen molar-refractivity contribution >= 4 is 0 Å². The van der Waals surface area contributed by atoms with Crippen LogP contribution in [0.3, 0.4) is 0 Å². The number of benzene rings is 1. The summed E-state index contributed by atoms with van der Waals surface area (Å²) in [6, 6.07) is 11.4. The highest BCUT2D eigenvalue weighted by molar-refractivity contribution is 5.36. The molecule has 2 saturated carbocycles. The van der Waals surface area contributed by atoms with Gasteiger partial charge in [0.25, 0.3) is 0 Å². The third-order valence-corrected chi connectivity index (χ3v) is 10.5. The lowest BCUT2D eigenvalue weighted by molar-refractivity contribution is 0.141. The Morgan fingerprint density at radius 2 is 1.51 bits per heavy atom. The summed E-state index contributed by atoms with van der Waals surface area (Å²) in [6.07, 6.45) is 35.3. The molecule has 5 aliphatic carbocycles. The van der Waals surface area contributed by atoms with Crippen LogP contribution in [0.15, 0.2) is 114 Å². The van der Waals surface area contributed by atoms with Crippen LogP contribution in [-0.2, 0) is 5.41 Å². The summed E-state index contributed by atoms with van der Waals surface area (Å²) < 4.78 is 0. The molecule has 0 spiro atoms. The molecule has 2 fully saturated rings. The zero-order valence-corrected chi connectivity index (χ0v) is 28.7. The van der Waals surface area contributed by atoms with Gasteiger partial charge in [-0.05, 0) is 106 Å². The van der Waals surface area contributed by atoms with Crippen molar-refractivity contribution in [3.05, 3.63) is 120 Å². The van der Waals surface area contributed by atoms with E-state index in [9.17, 15) is 0 Å². The normalized spacial score (nSPS) is 30.3. The average molecular weight is 579 g/mol. The van der Waals surface area contributed by atoms with Gasteiger partial charge in [-0.3, -0.25) is 0 Å². The van der Waals surface area contributed by atoms with Gasteiger partial charge in [0.2, 0.25) is 0 Å². The van der Waals surface area contributed by atoms with Gasteiger partial charge in [-0.15, -0.1) is 6.58 Å². The summed E-state index contributed by atoms with van der Waals surface area (Å²) in [7, 11) is 0. The number of rotatable bonds is 5. The highest BCUT2D eigenvalue weighted by Crippen LogP contribution is 2.58. The molecule has 0 aliphatic heterocycles. The van der Waals surface area contributed by atoms with Crippen molar-refractivity contribution in [1.82, 2.24) is 0 Å². The predicted molar refractivity (Wildman–Crippen MR) is 192 cm³/mol. The van der Waals surface area contributed by atoms with Crippen LogP contribution >= 0.6 is 0 Å². The standard InChI is InChI=1S/C21H26.C16H22.C4H8.C2H6/c1-16-7-10-19(11-8-16)21(18-5-3-2-4-6-18)14-13-17-9-12-20(21)15-17;1-12(2)14-8-10-16(11-9-14)15-6-4-13(3)5-7-15;1-3-4-2;1-2/h2-8,10,17,19-20H,9,11-15H2,1H3;4-6,8,10-12,14-15H,7,9H2,1-3H3;3H,1,4H2,2H3;1-2H3. The highest BCUT2D eigenvalue weighted by atomic mass is 14.5. The number of hydrogen-bond donors (Lipinski definition) is 0. The van der Waals surface area contributed by atoms with Gasteiger partial charge in [0, 0.05) is 11.3 Å². The minimum Gasteiger partial charge on any atom is -0.103 e. The molecule has 6 unspecified atom stereocenters. The lowest BCUT2D eigenvalue weighted by Gasteiger charge is -2.48. The minimum atomic E-state index is 0.405. The Kier molecular flexibility index (Phi) is 14.3. The number of allylic oxidation sites excluding steroid dienone is 13. The van der Waals surface area contributed by atoms with Crippen molar-refractivity contribution < 1.29 is 0 Å². The molecule has 5 aliphatic rings. The molecule has 0 saturated heterocycles. The molecule has 6 atom stereocenters. The van der Waals surface area contributed by atoms with Gasteiger partial charge < -0.3 is 0 Å². The van der Waals surface area contributed by atoms with E-state index < -0.39 is 0 Å². The molecule has 43 heavy (non-hydrogen) atoms. The van der Waals surface area contributed by atoms with Crippen LogP contribution < -0.4 is 0 Å². The van der Waals surface area contributed by atoms with E-state index in [1.54, 1.807) is 5.56 Å². The quantitative estimate of drug-likeness (QED) is 0.305. The maximum absolute atomic E-state index is 3.48. The summed E-state index contributed by atoms with van der Waals surface area (Å²) in [6.45, 7) is 18.6. The highest BCUT2D eigenvalue weighted by Gasteiger charge is 2.51. The van der Waals surface area contributed by atoms with Gasteiger partial charge in [0.05, 0.1) is 0 Å². The molecule has 0 nitrogen and oxygen atoms in total. The van der Waals surface area contributed by atoms with Crippen molar-refractivity contribution in [2.24, 2.45) is 35.5 Å². The molecule has 2 bridgehead atoms. The fourth-order valence-corrected chi connectivity index (χ4v) is 7.79. The second kappa shape index (κ2) is 17.6. The first-order valence-electron chi connectivity index (χ1n) is 17.6. The van der Waals surface area contributed by atoms with E-state index in [1.807, 2.05) is 19.9 Å². The Morgan fingerprint density at radius 3 is 2.05 bits per heavy atom. The monoisotopic (exact) mass is 578 g/mol. The van der Waals surface area contributed by atoms with E-state index >= 15 is 0 Å². The summed E-state index contributed by atoms with van der Waals surface area (Å²) in [4.78, 5) is 0. The minimum absolute atomic E-state index is 0.405. The Morgan fingerprint density at radius 1 is 0.837 bits per heavy atom. The van der Waals surface area contributed by atoms with Crippen molar-refractivity contribution in [1.29, 1.82) is 0 Å². The molecule has 1 aromatic carbocycles. The first-order chi connectivity index (χ1) is 20.9. The maximum Gasteiger partial charge on any atom is 0.00526 e. The zero-order valence-electron chi connectivity index (χ0n) is 28.7. The van der Waals surface area contributed by atoms with Crippen LogP contribution in [0.2, 0.25) is 0 Å². The molecule has 0 radical (unpaired) electrons. The van der Waals surface area contributed by atoms with E-state index in [4.69, 9.17) is 0 Å². The molecule has 1 aromatic rings. The molecular formula is C43H62. The van der Waals surface area contributed by atoms with Gasteiger partial charge in [0.15, 0.2) is 0 Å². The van der Waals surface area contributed by atoms with Crippen molar-refractivity contribution in [2.75, 3.05) is 0 Å². The van der Waals surface area contributed by atoms with Gasteiger partial charge in [-0.1, -0.05) is 143 Å². The lowest BCUT2D eigenvalue weighted by Crippen LogP contribution is -2.43. The smallest absolute Gasteiger partial charge is 0.00526 e. The molecule has 0 aromatic heterocycles. The molecule has 0 heteroatoms. The van der Waals surface area contributed by atoms with Crippen LogP contribution in [0.1, 0.15) is 112 Å². The second-order valence-corrected chi connectivity index (χ2v) is 13.5. The van der Waals surface area contributed by atoms with E-state index in [1.165, 1.54) is 68.1 Å². The maximum atomic E-state index is 3.48. The van der Waals surface area contributed by atoms with Gasteiger partial charge >= 0.3 is 0 Å². The van der Waals surface area contributed by atoms with E-state index in [0.717, 1.165) is 30.1 Å². The fourth-order valence-electron chi connectivity index (χ4n) is 7.79. The Bertz CT molecular complexity index is 1170. The summed E-state index contributed by atoms with van der Waals surface area (Å²) in [5.41, 5.74) is 6.36. The van der Waals surface area contributed by atoms with Crippen molar-refractivity contribution in [3.63, 3.8) is 0 Å². The SMILES string of the molecule is C=CCC.CC.CC1=CCC(C2(c3ccccc3)CCC3CCC2C3)C=C1.CC1=CCC(C2=CCC(C(C)C)C=C2)C=C1. The van der Waals surface area contributed by atoms with Gasteiger partial charge in [0.1, 0.15) is 0 Å². The average Bonchev–Trinajstić information content (AvgIpc) is 3.46. The van der Waals surface area contributed by atoms with Crippen LogP contribution in [-0.4, -0.2) is 0 Å². The molecule has 0 heterocycles. The molecule has 0 amide bonds. The first-order valence-corrected chi connectivity index (χ1v) is 17.6. The number of hydrogen-bond acceptors (Lipinski definition) is 0. The Labute approximate surface area is 266 Å².